The van der Waals surface area contributed by atoms with E-state index in [1.165, 1.54) is 11.3 Å². The quantitative estimate of drug-likeness (QED) is 0.438. The Labute approximate surface area is 203 Å². The lowest BCUT2D eigenvalue weighted by Gasteiger charge is -2.42. The predicted molar refractivity (Wildman–Crippen MR) is 136 cm³/mol. The zero-order chi connectivity index (χ0) is 23.9. The molecule has 4 aromatic rings. The molecule has 1 aliphatic heterocycles. The number of pyridine rings is 1. The topological polar surface area (TPSA) is 78.7 Å². The zero-order valence-corrected chi connectivity index (χ0v) is 20.8. The molecule has 0 aliphatic carbocycles. The average Bonchev–Trinajstić information content (AvgIpc) is 3.50. The molecule has 0 bridgehead atoms. The second kappa shape index (κ2) is 8.81. The van der Waals surface area contributed by atoms with Crippen LogP contribution in [0.5, 0.6) is 0 Å². The highest BCUT2D eigenvalue weighted by atomic mass is 32.2. The minimum atomic E-state index is -3.54. The fraction of sp³-hybridized carbons (Fsp3) is 0.320. The lowest BCUT2D eigenvalue weighted by molar-refractivity contribution is 0.0786. The van der Waals surface area contributed by atoms with Gasteiger partial charge in [-0.1, -0.05) is 18.2 Å². The maximum absolute atomic E-state index is 13.3. The number of anilines is 1. The first kappa shape index (κ1) is 23.0. The molecule has 5 rings (SSSR count). The molecule has 1 aromatic carbocycles. The molecule has 1 fully saturated rings. The van der Waals surface area contributed by atoms with Gasteiger partial charge in [-0.05, 0) is 61.2 Å². The van der Waals surface area contributed by atoms with E-state index in [0.29, 0.717) is 30.4 Å². The smallest absolute Gasteiger partial charge is 0.252 e. The van der Waals surface area contributed by atoms with Gasteiger partial charge in [0.05, 0.1) is 11.6 Å². The molecule has 4 heterocycles. The average molecular weight is 497 g/mol. The number of hydrogen-bond donors (Lipinski definition) is 1. The van der Waals surface area contributed by atoms with Crippen molar-refractivity contribution in [2.75, 3.05) is 24.5 Å². The van der Waals surface area contributed by atoms with Crippen LogP contribution in [-0.2, 0) is 22.2 Å². The Hall–Kier alpha value is -2.72. The molecular weight excluding hydrogens is 468 g/mol. The van der Waals surface area contributed by atoms with E-state index in [0.717, 1.165) is 22.3 Å². The van der Waals surface area contributed by atoms with Crippen LogP contribution in [0.2, 0.25) is 0 Å². The standard InChI is InChI=1S/C25H28N4O3S2/c1-25(2,30)20-7-9-21(10-8-20)29-15-14-28(34(31,32)23-6-4-16-33-23)18-22(29)17-27-13-11-19-5-3-12-26-24(19)27/h3-13,16,22,30H,14-15,17-18H2,1-2H3/t22-/m0/s1. The first-order valence-corrected chi connectivity index (χ1v) is 13.6. The van der Waals surface area contributed by atoms with Crippen molar-refractivity contribution in [1.82, 2.24) is 13.9 Å². The van der Waals surface area contributed by atoms with E-state index >= 15 is 0 Å². The number of fused-ring (bicyclic) bond motifs is 1. The van der Waals surface area contributed by atoms with Crippen LogP contribution in [0, 0.1) is 0 Å². The number of benzene rings is 1. The third kappa shape index (κ3) is 4.36. The van der Waals surface area contributed by atoms with E-state index in [4.69, 9.17) is 0 Å². The van der Waals surface area contributed by atoms with Crippen molar-refractivity contribution in [2.45, 2.75) is 36.2 Å². The molecule has 3 aromatic heterocycles. The Morgan fingerprint density at radius 3 is 2.59 bits per heavy atom. The van der Waals surface area contributed by atoms with E-state index in [1.807, 2.05) is 48.7 Å². The number of aromatic nitrogens is 2. The maximum Gasteiger partial charge on any atom is 0.252 e. The number of aliphatic hydroxyl groups is 1. The van der Waals surface area contributed by atoms with Crippen LogP contribution in [0.25, 0.3) is 11.0 Å². The number of piperazine rings is 1. The molecule has 34 heavy (non-hydrogen) atoms. The first-order chi connectivity index (χ1) is 16.2. The van der Waals surface area contributed by atoms with Gasteiger partial charge in [-0.2, -0.15) is 4.31 Å². The van der Waals surface area contributed by atoms with Gasteiger partial charge < -0.3 is 14.6 Å². The van der Waals surface area contributed by atoms with Gasteiger partial charge in [0.15, 0.2) is 0 Å². The molecule has 178 valence electrons. The Morgan fingerprint density at radius 2 is 1.88 bits per heavy atom. The Balaban J connectivity index is 1.48. The summed E-state index contributed by atoms with van der Waals surface area (Å²) in [4.78, 5) is 6.81. The summed E-state index contributed by atoms with van der Waals surface area (Å²) in [5.74, 6) is 0. The third-order valence-electron chi connectivity index (χ3n) is 6.37. The number of nitrogens with zero attached hydrogens (tertiary/aromatic N) is 4. The van der Waals surface area contributed by atoms with Crippen molar-refractivity contribution in [3.8, 4) is 0 Å². The van der Waals surface area contributed by atoms with Crippen molar-refractivity contribution in [3.05, 3.63) is 77.9 Å². The van der Waals surface area contributed by atoms with Gasteiger partial charge >= 0.3 is 0 Å². The van der Waals surface area contributed by atoms with Crippen LogP contribution < -0.4 is 4.90 Å². The molecule has 0 radical (unpaired) electrons. The lowest BCUT2D eigenvalue weighted by atomic mass is 9.98. The van der Waals surface area contributed by atoms with Crippen molar-refractivity contribution in [1.29, 1.82) is 0 Å². The molecule has 1 saturated heterocycles. The van der Waals surface area contributed by atoms with E-state index < -0.39 is 15.6 Å². The van der Waals surface area contributed by atoms with Gasteiger partial charge in [-0.25, -0.2) is 13.4 Å². The fourth-order valence-corrected chi connectivity index (χ4v) is 7.15. The largest absolute Gasteiger partial charge is 0.386 e. The Kier molecular flexibility index (Phi) is 5.97. The third-order valence-corrected chi connectivity index (χ3v) is 9.61. The Bertz CT molecular complexity index is 1370. The summed E-state index contributed by atoms with van der Waals surface area (Å²) in [7, 11) is -3.54. The summed E-state index contributed by atoms with van der Waals surface area (Å²) in [5, 5.41) is 13.2. The normalized spacial score (nSPS) is 18.0. The zero-order valence-electron chi connectivity index (χ0n) is 19.2. The summed E-state index contributed by atoms with van der Waals surface area (Å²) in [5.41, 5.74) is 1.82. The van der Waals surface area contributed by atoms with E-state index in [9.17, 15) is 13.5 Å². The minimum Gasteiger partial charge on any atom is -0.386 e. The van der Waals surface area contributed by atoms with Crippen LogP contribution in [0.1, 0.15) is 19.4 Å². The van der Waals surface area contributed by atoms with E-state index in [1.54, 1.807) is 41.9 Å². The van der Waals surface area contributed by atoms with Crippen LogP contribution in [0.15, 0.2) is 76.6 Å². The van der Waals surface area contributed by atoms with Gasteiger partial charge in [0.25, 0.3) is 10.0 Å². The lowest BCUT2D eigenvalue weighted by Crippen LogP contribution is -2.56. The SMILES string of the molecule is CC(C)(O)c1ccc(N2CCN(S(=O)(=O)c3cccs3)C[C@@H]2Cn2ccc3cccnc32)cc1. The summed E-state index contributed by atoms with van der Waals surface area (Å²) in [6.45, 7) is 5.50. The molecule has 1 atom stereocenters. The highest BCUT2D eigenvalue weighted by molar-refractivity contribution is 7.91. The number of hydrogen-bond acceptors (Lipinski definition) is 6. The molecule has 9 heteroatoms. The van der Waals surface area contributed by atoms with Crippen molar-refractivity contribution in [2.24, 2.45) is 0 Å². The summed E-state index contributed by atoms with van der Waals surface area (Å²) in [6, 6.07) is 17.2. The Morgan fingerprint density at radius 1 is 1.09 bits per heavy atom. The van der Waals surface area contributed by atoms with Crippen LogP contribution >= 0.6 is 11.3 Å². The molecule has 7 nitrogen and oxygen atoms in total. The van der Waals surface area contributed by atoms with Crippen LogP contribution in [0.4, 0.5) is 5.69 Å². The van der Waals surface area contributed by atoms with Gasteiger partial charge in [0.2, 0.25) is 0 Å². The molecule has 0 spiro atoms. The van der Waals surface area contributed by atoms with E-state index in [2.05, 4.69) is 14.5 Å². The van der Waals surface area contributed by atoms with Gasteiger partial charge in [-0.3, -0.25) is 0 Å². The number of thiophene rings is 1. The molecule has 1 aliphatic rings. The number of sulfonamides is 1. The first-order valence-electron chi connectivity index (χ1n) is 11.3. The molecule has 0 amide bonds. The maximum atomic E-state index is 13.3. The van der Waals surface area contributed by atoms with Gasteiger partial charge in [0, 0.05) is 49.6 Å². The second-order valence-corrected chi connectivity index (χ2v) is 12.2. The summed E-state index contributed by atoms with van der Waals surface area (Å²) < 4.78 is 30.6. The van der Waals surface area contributed by atoms with Gasteiger partial charge in [0.1, 0.15) is 9.86 Å². The predicted octanol–water partition coefficient (Wildman–Crippen LogP) is 3.90. The second-order valence-electron chi connectivity index (χ2n) is 9.13. The van der Waals surface area contributed by atoms with Crippen molar-refractivity contribution >= 4 is 38.1 Å². The summed E-state index contributed by atoms with van der Waals surface area (Å²) in [6.07, 6.45) is 3.79. The molecule has 1 N–H and O–H groups in total. The fourth-order valence-electron chi connectivity index (χ4n) is 4.53. The highest BCUT2D eigenvalue weighted by Crippen LogP contribution is 2.29. The number of rotatable bonds is 6. The summed E-state index contributed by atoms with van der Waals surface area (Å²) >= 11 is 1.25. The van der Waals surface area contributed by atoms with Crippen LogP contribution in [0.3, 0.4) is 0 Å². The monoisotopic (exact) mass is 496 g/mol. The van der Waals surface area contributed by atoms with Gasteiger partial charge in [-0.15, -0.1) is 11.3 Å². The minimum absolute atomic E-state index is 0.0888. The van der Waals surface area contributed by atoms with E-state index in [-0.39, 0.29) is 6.04 Å². The molecular formula is C25H28N4O3S2. The molecule has 0 unspecified atom stereocenters. The molecule has 0 saturated carbocycles. The highest BCUT2D eigenvalue weighted by Gasteiger charge is 2.35. The van der Waals surface area contributed by atoms with Crippen molar-refractivity contribution in [3.63, 3.8) is 0 Å². The van der Waals surface area contributed by atoms with Crippen LogP contribution in [-0.4, -0.2) is 53.1 Å². The van der Waals surface area contributed by atoms with Crippen molar-refractivity contribution < 1.29 is 13.5 Å².